The number of nitrogens with one attached hydrogen (secondary N) is 1. The molecule has 0 aromatic heterocycles. The van der Waals surface area contributed by atoms with Gasteiger partial charge in [0.25, 0.3) is 0 Å². The summed E-state index contributed by atoms with van der Waals surface area (Å²) < 4.78 is 27.7. The number of nitrogens with zero attached hydrogens (tertiary/aromatic N) is 1. The largest absolute Gasteiger partial charge is 0.331 e. The maximum atomic E-state index is 12.0. The van der Waals surface area contributed by atoms with Crippen LogP contribution in [0.4, 0.5) is 0 Å². The lowest BCUT2D eigenvalue weighted by Gasteiger charge is -2.23. The Hall–Kier alpha value is -0.910. The van der Waals surface area contributed by atoms with E-state index in [2.05, 4.69) is 25.9 Å². The van der Waals surface area contributed by atoms with Gasteiger partial charge >= 0.3 is 0 Å². The Balaban J connectivity index is 2.32. The van der Waals surface area contributed by atoms with Gasteiger partial charge in [-0.25, -0.2) is 13.1 Å². The molecule has 0 aliphatic rings. The summed E-state index contributed by atoms with van der Waals surface area (Å²) in [5, 5.41) is 0. The highest BCUT2D eigenvalue weighted by molar-refractivity contribution is 7.89. The smallest absolute Gasteiger partial charge is 0.240 e. The molecule has 0 heterocycles. The van der Waals surface area contributed by atoms with Crippen molar-refractivity contribution in [3.8, 4) is 0 Å². The van der Waals surface area contributed by atoms with Gasteiger partial charge in [-0.2, -0.15) is 0 Å². The average molecular weight is 299 g/mol. The number of hydrogen-bond donors (Lipinski definition) is 1. The van der Waals surface area contributed by atoms with E-state index in [0.29, 0.717) is 11.4 Å². The second-order valence-corrected chi connectivity index (χ2v) is 8.05. The number of rotatable bonds is 8. The monoisotopic (exact) mass is 299 g/mol. The molecule has 1 aromatic rings. The summed E-state index contributed by atoms with van der Waals surface area (Å²) in [6.45, 7) is 3.57. The van der Waals surface area contributed by atoms with Gasteiger partial charge in [0.1, 0.15) is 0 Å². The average Bonchev–Trinajstić information content (AvgIpc) is 2.33. The van der Waals surface area contributed by atoms with Crippen LogP contribution in [0.1, 0.15) is 24.8 Å². The van der Waals surface area contributed by atoms with Crippen molar-refractivity contribution in [2.75, 3.05) is 34.2 Å². The van der Waals surface area contributed by atoms with Gasteiger partial charge in [0.05, 0.1) is 32.6 Å². The highest BCUT2D eigenvalue weighted by Crippen LogP contribution is 2.10. The van der Waals surface area contributed by atoms with Crippen LogP contribution in [0.25, 0.3) is 0 Å². The van der Waals surface area contributed by atoms with E-state index in [4.69, 9.17) is 0 Å². The maximum absolute atomic E-state index is 12.0. The molecular formula is C15H27N2O2S+. The first-order chi connectivity index (χ1) is 9.21. The standard InChI is InChI=1S/C15H27N2O2S/c1-14-8-10-15(11-9-14)20(18,19)16-12-6-5-7-13-17(2,3)4/h8-11,16H,5-7,12-13H2,1-4H3/q+1. The quantitative estimate of drug-likeness (QED) is 0.590. The fourth-order valence-electron chi connectivity index (χ4n) is 1.90. The molecule has 1 N–H and O–H groups in total. The second-order valence-electron chi connectivity index (χ2n) is 6.29. The van der Waals surface area contributed by atoms with Gasteiger partial charge in [-0.1, -0.05) is 17.7 Å². The molecule has 0 fully saturated rings. The molecule has 0 saturated heterocycles. The SMILES string of the molecule is Cc1ccc(S(=O)(=O)NCCCCC[N+](C)(C)C)cc1. The third-order valence-corrected chi connectivity index (χ3v) is 4.61. The minimum absolute atomic E-state index is 0.342. The topological polar surface area (TPSA) is 46.2 Å². The van der Waals surface area contributed by atoms with Crippen LogP contribution in [0, 0.1) is 6.92 Å². The molecule has 1 rings (SSSR count). The Kier molecular flexibility index (Phi) is 6.17. The summed E-state index contributed by atoms with van der Waals surface area (Å²) in [7, 11) is 3.15. The van der Waals surface area contributed by atoms with Crippen LogP contribution in [0.15, 0.2) is 29.2 Å². The molecule has 0 saturated carbocycles. The number of aryl methyl sites for hydroxylation is 1. The summed E-state index contributed by atoms with van der Waals surface area (Å²) in [5.74, 6) is 0. The van der Waals surface area contributed by atoms with E-state index < -0.39 is 10.0 Å². The minimum atomic E-state index is -3.35. The van der Waals surface area contributed by atoms with Crippen LogP contribution in [0.3, 0.4) is 0 Å². The highest BCUT2D eigenvalue weighted by Gasteiger charge is 2.12. The fourth-order valence-corrected chi connectivity index (χ4v) is 2.97. The van der Waals surface area contributed by atoms with Gasteiger partial charge in [0.15, 0.2) is 0 Å². The van der Waals surface area contributed by atoms with Gasteiger partial charge < -0.3 is 4.48 Å². The van der Waals surface area contributed by atoms with Gasteiger partial charge in [-0.05, 0) is 38.3 Å². The number of quaternary nitrogens is 1. The van der Waals surface area contributed by atoms with Crippen LogP contribution in [0.5, 0.6) is 0 Å². The van der Waals surface area contributed by atoms with Crippen LogP contribution in [0.2, 0.25) is 0 Å². The van der Waals surface area contributed by atoms with Crippen LogP contribution in [-0.4, -0.2) is 47.1 Å². The molecule has 1 aromatic carbocycles. The molecule has 0 amide bonds. The van der Waals surface area contributed by atoms with Gasteiger partial charge in [0, 0.05) is 6.54 Å². The van der Waals surface area contributed by atoms with Gasteiger partial charge in [0.2, 0.25) is 10.0 Å². The summed E-state index contributed by atoms with van der Waals surface area (Å²) in [6.07, 6.45) is 3.05. The van der Waals surface area contributed by atoms with Crippen LogP contribution >= 0.6 is 0 Å². The maximum Gasteiger partial charge on any atom is 0.240 e. The molecule has 5 heteroatoms. The van der Waals surface area contributed by atoms with Crippen molar-refractivity contribution in [3.05, 3.63) is 29.8 Å². The summed E-state index contributed by atoms with van der Waals surface area (Å²) in [4.78, 5) is 0.342. The van der Waals surface area contributed by atoms with E-state index >= 15 is 0 Å². The fraction of sp³-hybridized carbons (Fsp3) is 0.600. The third-order valence-electron chi connectivity index (χ3n) is 3.13. The van der Waals surface area contributed by atoms with Gasteiger partial charge in [-0.3, -0.25) is 0 Å². The highest BCUT2D eigenvalue weighted by atomic mass is 32.2. The van der Waals surface area contributed by atoms with E-state index in [-0.39, 0.29) is 0 Å². The van der Waals surface area contributed by atoms with Crippen molar-refractivity contribution in [1.82, 2.24) is 4.72 Å². The Morgan fingerprint density at radius 1 is 1.00 bits per heavy atom. The Morgan fingerprint density at radius 3 is 2.15 bits per heavy atom. The number of unbranched alkanes of at least 4 members (excludes halogenated alkanes) is 2. The molecule has 0 spiro atoms. The lowest BCUT2D eigenvalue weighted by atomic mass is 10.2. The first-order valence-corrected chi connectivity index (χ1v) is 8.56. The number of sulfonamides is 1. The molecule has 0 atom stereocenters. The van der Waals surface area contributed by atoms with Crippen molar-refractivity contribution in [2.24, 2.45) is 0 Å². The van der Waals surface area contributed by atoms with E-state index in [0.717, 1.165) is 35.9 Å². The lowest BCUT2D eigenvalue weighted by Crippen LogP contribution is -2.35. The normalized spacial score (nSPS) is 12.6. The zero-order chi connectivity index (χ0) is 15.2. The predicted molar refractivity (Wildman–Crippen MR) is 83.1 cm³/mol. The molecule has 20 heavy (non-hydrogen) atoms. The Morgan fingerprint density at radius 2 is 1.60 bits per heavy atom. The first-order valence-electron chi connectivity index (χ1n) is 7.07. The Bertz CT molecular complexity index is 502. The molecule has 0 unspecified atom stereocenters. The first kappa shape index (κ1) is 17.1. The predicted octanol–water partition coefficient (Wildman–Crippen LogP) is 2.15. The van der Waals surface area contributed by atoms with E-state index in [1.54, 1.807) is 12.1 Å². The molecule has 0 radical (unpaired) electrons. The van der Waals surface area contributed by atoms with Crippen molar-refractivity contribution in [1.29, 1.82) is 0 Å². The number of hydrogen-bond acceptors (Lipinski definition) is 2. The zero-order valence-electron chi connectivity index (χ0n) is 13.0. The number of benzene rings is 1. The summed E-state index contributed by atoms with van der Waals surface area (Å²) in [6, 6.07) is 6.93. The molecule has 114 valence electrons. The van der Waals surface area contributed by atoms with E-state index in [1.807, 2.05) is 19.1 Å². The molecule has 0 aliphatic carbocycles. The molecule has 4 nitrogen and oxygen atoms in total. The van der Waals surface area contributed by atoms with E-state index in [1.165, 1.54) is 0 Å². The Labute approximate surface area is 123 Å². The van der Waals surface area contributed by atoms with E-state index in [9.17, 15) is 8.42 Å². The third kappa shape index (κ3) is 6.50. The second kappa shape index (κ2) is 7.20. The minimum Gasteiger partial charge on any atom is -0.331 e. The van der Waals surface area contributed by atoms with Crippen molar-refractivity contribution >= 4 is 10.0 Å². The molecule has 0 bridgehead atoms. The summed E-state index contributed by atoms with van der Waals surface area (Å²) in [5.41, 5.74) is 1.06. The van der Waals surface area contributed by atoms with Crippen molar-refractivity contribution < 1.29 is 12.9 Å². The van der Waals surface area contributed by atoms with Gasteiger partial charge in [-0.15, -0.1) is 0 Å². The lowest BCUT2D eigenvalue weighted by molar-refractivity contribution is -0.870. The summed E-state index contributed by atoms with van der Waals surface area (Å²) >= 11 is 0. The van der Waals surface area contributed by atoms with Crippen LogP contribution < -0.4 is 4.72 Å². The molecule has 0 aliphatic heterocycles. The van der Waals surface area contributed by atoms with Crippen LogP contribution in [-0.2, 0) is 10.0 Å². The van der Waals surface area contributed by atoms with Crippen molar-refractivity contribution in [2.45, 2.75) is 31.1 Å². The van der Waals surface area contributed by atoms with Crippen molar-refractivity contribution in [3.63, 3.8) is 0 Å². The molecular weight excluding hydrogens is 272 g/mol. The zero-order valence-corrected chi connectivity index (χ0v) is 13.8.